The molecule has 2 N–H and O–H groups in total. The van der Waals surface area contributed by atoms with Crippen LogP contribution in [-0.4, -0.2) is 55.6 Å². The molecule has 0 aromatic heterocycles. The quantitative estimate of drug-likeness (QED) is 0.802. The number of rotatable bonds is 2. The standard InChI is InChI=1S/C9H16O2S4/c10-1-7-12-3-9(4-13-7)5-14-8(2-11)15-6-9/h7-8,10-11H,1-6H2. The first kappa shape index (κ1) is 12.8. The van der Waals surface area contributed by atoms with Crippen molar-refractivity contribution in [2.45, 2.75) is 9.16 Å². The molecule has 0 aromatic carbocycles. The van der Waals surface area contributed by atoms with E-state index in [1.54, 1.807) is 0 Å². The molecule has 88 valence electrons. The minimum atomic E-state index is 0.297. The second-order valence-corrected chi connectivity index (χ2v) is 9.33. The molecule has 0 saturated carbocycles. The zero-order valence-electron chi connectivity index (χ0n) is 8.42. The average molecular weight is 284 g/mol. The van der Waals surface area contributed by atoms with E-state index in [1.165, 1.54) is 23.0 Å². The lowest BCUT2D eigenvalue weighted by molar-refractivity contribution is 0.313. The van der Waals surface area contributed by atoms with Crippen LogP contribution in [0, 0.1) is 5.41 Å². The van der Waals surface area contributed by atoms with E-state index in [0.29, 0.717) is 27.8 Å². The summed E-state index contributed by atoms with van der Waals surface area (Å²) in [6.45, 7) is 0.593. The topological polar surface area (TPSA) is 40.5 Å². The summed E-state index contributed by atoms with van der Waals surface area (Å²) in [5.41, 5.74) is 0.446. The first-order chi connectivity index (χ1) is 7.28. The van der Waals surface area contributed by atoms with Crippen LogP contribution in [-0.2, 0) is 0 Å². The third kappa shape index (κ3) is 3.16. The Morgan fingerprint density at radius 3 is 1.40 bits per heavy atom. The van der Waals surface area contributed by atoms with Gasteiger partial charge in [0.2, 0.25) is 0 Å². The Bertz CT molecular complexity index is 173. The predicted octanol–water partition coefficient (Wildman–Crippen LogP) is 1.57. The van der Waals surface area contributed by atoms with Crippen LogP contribution in [0.1, 0.15) is 0 Å². The van der Waals surface area contributed by atoms with Gasteiger partial charge in [-0.05, 0) is 0 Å². The van der Waals surface area contributed by atoms with Crippen molar-refractivity contribution in [3.05, 3.63) is 0 Å². The molecule has 2 heterocycles. The summed E-state index contributed by atoms with van der Waals surface area (Å²) in [5, 5.41) is 18.1. The van der Waals surface area contributed by atoms with Crippen LogP contribution in [0.2, 0.25) is 0 Å². The average Bonchev–Trinajstić information content (AvgIpc) is 2.31. The molecule has 0 atom stereocenters. The summed E-state index contributed by atoms with van der Waals surface area (Å²) in [4.78, 5) is 0. The number of aliphatic hydroxyl groups excluding tert-OH is 2. The molecule has 2 rings (SSSR count). The van der Waals surface area contributed by atoms with Gasteiger partial charge in [0.1, 0.15) is 0 Å². The first-order valence-corrected chi connectivity index (χ1v) is 9.16. The van der Waals surface area contributed by atoms with Gasteiger partial charge >= 0.3 is 0 Å². The van der Waals surface area contributed by atoms with Gasteiger partial charge in [-0.25, -0.2) is 0 Å². The van der Waals surface area contributed by atoms with Crippen molar-refractivity contribution in [1.82, 2.24) is 0 Å². The van der Waals surface area contributed by atoms with Gasteiger partial charge in [-0.2, -0.15) is 0 Å². The third-order valence-electron chi connectivity index (χ3n) is 2.60. The van der Waals surface area contributed by atoms with Crippen molar-refractivity contribution in [2.75, 3.05) is 36.2 Å². The van der Waals surface area contributed by atoms with Crippen molar-refractivity contribution < 1.29 is 10.2 Å². The summed E-state index contributed by atoms with van der Waals surface area (Å²) in [7, 11) is 0. The van der Waals surface area contributed by atoms with E-state index in [2.05, 4.69) is 0 Å². The molecule has 0 unspecified atom stereocenters. The molecule has 6 heteroatoms. The van der Waals surface area contributed by atoms with Gasteiger partial charge in [0, 0.05) is 28.4 Å². The molecule has 2 nitrogen and oxygen atoms in total. The van der Waals surface area contributed by atoms with E-state index in [9.17, 15) is 0 Å². The SMILES string of the molecule is OCC1SCC2(CS1)CSC(CO)SC2. The normalized spacial score (nSPS) is 42.0. The number of hydrogen-bond donors (Lipinski definition) is 2. The minimum absolute atomic E-state index is 0.297. The molecule has 0 aliphatic carbocycles. The fourth-order valence-corrected chi connectivity index (χ4v) is 7.80. The molecule has 2 aliphatic rings. The van der Waals surface area contributed by atoms with Gasteiger partial charge < -0.3 is 10.2 Å². The zero-order valence-corrected chi connectivity index (χ0v) is 11.7. The monoisotopic (exact) mass is 284 g/mol. The second kappa shape index (κ2) is 5.78. The Labute approximate surface area is 108 Å². The smallest absolute Gasteiger partial charge is 0.0733 e. The van der Waals surface area contributed by atoms with Gasteiger partial charge in [0.25, 0.3) is 0 Å². The molecule has 15 heavy (non-hydrogen) atoms. The molecule has 2 saturated heterocycles. The Morgan fingerprint density at radius 1 is 0.800 bits per heavy atom. The molecular weight excluding hydrogens is 268 g/mol. The lowest BCUT2D eigenvalue weighted by Gasteiger charge is -2.42. The molecule has 0 amide bonds. The van der Waals surface area contributed by atoms with E-state index in [1.807, 2.05) is 47.0 Å². The van der Waals surface area contributed by atoms with Crippen LogP contribution in [0.25, 0.3) is 0 Å². The Hall–Kier alpha value is 1.32. The molecule has 0 bridgehead atoms. The molecule has 0 aromatic rings. The van der Waals surface area contributed by atoms with Crippen molar-refractivity contribution in [2.24, 2.45) is 5.41 Å². The van der Waals surface area contributed by atoms with Crippen molar-refractivity contribution in [1.29, 1.82) is 0 Å². The van der Waals surface area contributed by atoms with E-state index in [-0.39, 0.29) is 0 Å². The van der Waals surface area contributed by atoms with Crippen LogP contribution in [0.4, 0.5) is 0 Å². The highest BCUT2D eigenvalue weighted by Crippen LogP contribution is 2.49. The van der Waals surface area contributed by atoms with Gasteiger partial charge in [0.15, 0.2) is 0 Å². The van der Waals surface area contributed by atoms with Crippen LogP contribution >= 0.6 is 47.0 Å². The maximum atomic E-state index is 9.07. The maximum absolute atomic E-state index is 9.07. The highest BCUT2D eigenvalue weighted by molar-refractivity contribution is 8.19. The zero-order chi connectivity index (χ0) is 10.7. The van der Waals surface area contributed by atoms with Crippen LogP contribution < -0.4 is 0 Å². The van der Waals surface area contributed by atoms with Gasteiger partial charge in [-0.1, -0.05) is 0 Å². The van der Waals surface area contributed by atoms with E-state index in [4.69, 9.17) is 10.2 Å². The summed E-state index contributed by atoms with van der Waals surface area (Å²) in [5.74, 6) is 4.68. The van der Waals surface area contributed by atoms with Crippen molar-refractivity contribution >= 4 is 47.0 Å². The van der Waals surface area contributed by atoms with Crippen molar-refractivity contribution in [3.8, 4) is 0 Å². The maximum Gasteiger partial charge on any atom is 0.0733 e. The predicted molar refractivity (Wildman–Crippen MR) is 74.0 cm³/mol. The first-order valence-electron chi connectivity index (χ1n) is 4.96. The lowest BCUT2D eigenvalue weighted by Crippen LogP contribution is -2.41. The number of aliphatic hydroxyl groups is 2. The highest BCUT2D eigenvalue weighted by Gasteiger charge is 2.40. The summed E-state index contributed by atoms with van der Waals surface area (Å²) >= 11 is 7.60. The lowest BCUT2D eigenvalue weighted by atomic mass is 9.99. The molecule has 2 fully saturated rings. The summed E-state index contributed by atoms with van der Waals surface area (Å²) in [6, 6.07) is 0. The highest BCUT2D eigenvalue weighted by atomic mass is 32.2. The van der Waals surface area contributed by atoms with E-state index < -0.39 is 0 Å². The summed E-state index contributed by atoms with van der Waals surface area (Å²) in [6.07, 6.45) is 0. The molecular formula is C9H16O2S4. The van der Waals surface area contributed by atoms with Crippen LogP contribution in [0.5, 0.6) is 0 Å². The number of thioether (sulfide) groups is 4. The minimum Gasteiger partial charge on any atom is -0.394 e. The van der Waals surface area contributed by atoms with Gasteiger partial charge in [0.05, 0.1) is 22.4 Å². The fourth-order valence-electron chi connectivity index (χ4n) is 1.64. The van der Waals surface area contributed by atoms with Crippen molar-refractivity contribution in [3.63, 3.8) is 0 Å². The Kier molecular flexibility index (Phi) is 4.92. The number of hydrogen-bond acceptors (Lipinski definition) is 6. The Morgan fingerprint density at radius 2 is 1.13 bits per heavy atom. The fraction of sp³-hybridized carbons (Fsp3) is 1.00. The molecule has 0 radical (unpaired) electrons. The van der Waals surface area contributed by atoms with E-state index in [0.717, 1.165) is 0 Å². The Balaban J connectivity index is 1.83. The largest absolute Gasteiger partial charge is 0.394 e. The van der Waals surface area contributed by atoms with Crippen LogP contribution in [0.15, 0.2) is 0 Å². The molecule has 2 aliphatic heterocycles. The van der Waals surface area contributed by atoms with Gasteiger partial charge in [-0.3, -0.25) is 0 Å². The summed E-state index contributed by atoms with van der Waals surface area (Å²) < 4.78 is 0.780. The van der Waals surface area contributed by atoms with E-state index >= 15 is 0 Å². The second-order valence-electron chi connectivity index (χ2n) is 3.97. The third-order valence-corrected chi connectivity index (χ3v) is 9.43. The van der Waals surface area contributed by atoms with Gasteiger partial charge in [-0.15, -0.1) is 47.0 Å². The molecule has 1 spiro atoms. The van der Waals surface area contributed by atoms with Crippen LogP contribution in [0.3, 0.4) is 0 Å².